The summed E-state index contributed by atoms with van der Waals surface area (Å²) in [5.41, 5.74) is 3.24. The molecule has 9 heteroatoms. The Kier molecular flexibility index (Phi) is 6.49. The van der Waals surface area contributed by atoms with Crippen LogP contribution in [0.4, 0.5) is 16.2 Å². The van der Waals surface area contributed by atoms with Crippen LogP contribution in [0.5, 0.6) is 17.4 Å². The van der Waals surface area contributed by atoms with Crippen LogP contribution in [0.15, 0.2) is 67.0 Å². The Bertz CT molecular complexity index is 1220. The van der Waals surface area contributed by atoms with Crippen LogP contribution in [-0.2, 0) is 0 Å². The maximum absolute atomic E-state index is 12.2. The summed E-state index contributed by atoms with van der Waals surface area (Å²) in [7, 11) is 0. The molecule has 9 nitrogen and oxygen atoms in total. The van der Waals surface area contributed by atoms with Gasteiger partial charge in [0.15, 0.2) is 5.82 Å². The van der Waals surface area contributed by atoms with Gasteiger partial charge in [-0.3, -0.25) is 4.57 Å². The van der Waals surface area contributed by atoms with Gasteiger partial charge in [0.05, 0.1) is 12.3 Å². The summed E-state index contributed by atoms with van der Waals surface area (Å²) in [5.74, 6) is 2.36. The monoisotopic (exact) mass is 444 g/mol. The minimum absolute atomic E-state index is 0.348. The molecule has 0 saturated heterocycles. The van der Waals surface area contributed by atoms with Gasteiger partial charge in [-0.05, 0) is 75.4 Å². The highest BCUT2D eigenvalue weighted by Gasteiger charge is 2.08. The largest absolute Gasteiger partial charge is 0.494 e. The van der Waals surface area contributed by atoms with Crippen molar-refractivity contribution in [1.29, 1.82) is 0 Å². The van der Waals surface area contributed by atoms with Crippen molar-refractivity contribution < 1.29 is 14.3 Å². The van der Waals surface area contributed by atoms with E-state index >= 15 is 0 Å². The molecule has 0 bridgehead atoms. The number of rotatable bonds is 7. The molecule has 2 N–H and O–H groups in total. The minimum atomic E-state index is -0.348. The van der Waals surface area contributed by atoms with Crippen molar-refractivity contribution in [2.45, 2.75) is 20.8 Å². The summed E-state index contributed by atoms with van der Waals surface area (Å²) in [6, 6.07) is 17.4. The number of carbonyl (C=O) groups is 1. The van der Waals surface area contributed by atoms with Crippen molar-refractivity contribution in [3.63, 3.8) is 0 Å². The summed E-state index contributed by atoms with van der Waals surface area (Å²) in [4.78, 5) is 16.5. The van der Waals surface area contributed by atoms with Crippen LogP contribution < -0.4 is 20.1 Å². The van der Waals surface area contributed by atoms with Crippen molar-refractivity contribution >= 4 is 17.4 Å². The van der Waals surface area contributed by atoms with Crippen LogP contribution in [0.1, 0.15) is 18.3 Å². The zero-order valence-corrected chi connectivity index (χ0v) is 18.6. The Balaban J connectivity index is 1.32. The van der Waals surface area contributed by atoms with E-state index in [4.69, 9.17) is 9.47 Å². The topological polar surface area (TPSA) is 103 Å². The van der Waals surface area contributed by atoms with Crippen LogP contribution >= 0.6 is 0 Å². The molecule has 2 amide bonds. The van der Waals surface area contributed by atoms with Gasteiger partial charge in [-0.1, -0.05) is 0 Å². The van der Waals surface area contributed by atoms with E-state index in [2.05, 4.69) is 25.8 Å². The van der Waals surface area contributed by atoms with Gasteiger partial charge < -0.3 is 20.1 Å². The molecule has 168 valence electrons. The number of hydrogen-bond donors (Lipinski definition) is 2. The smallest absolute Gasteiger partial charge is 0.323 e. The lowest BCUT2D eigenvalue weighted by atomic mass is 10.3. The van der Waals surface area contributed by atoms with E-state index in [1.807, 2.05) is 31.4 Å². The number of carbonyl (C=O) groups excluding carboxylic acids is 1. The number of amides is 2. The van der Waals surface area contributed by atoms with E-state index in [0.29, 0.717) is 35.4 Å². The van der Waals surface area contributed by atoms with Crippen molar-refractivity contribution in [3.8, 4) is 23.2 Å². The number of aryl methyl sites for hydroxylation is 1. The molecule has 0 aliphatic heterocycles. The van der Waals surface area contributed by atoms with Gasteiger partial charge >= 0.3 is 6.03 Å². The van der Waals surface area contributed by atoms with Gasteiger partial charge in [0.25, 0.3) is 0 Å². The molecule has 2 aromatic heterocycles. The summed E-state index contributed by atoms with van der Waals surface area (Å²) in [6.07, 6.45) is 1.72. The lowest BCUT2D eigenvalue weighted by Crippen LogP contribution is -2.19. The maximum Gasteiger partial charge on any atom is 0.323 e. The molecule has 2 heterocycles. The number of aromatic nitrogens is 4. The molecule has 4 rings (SSSR count). The average Bonchev–Trinajstić information content (AvgIpc) is 3.15. The number of nitrogens with zero attached hydrogens (tertiary/aromatic N) is 4. The molecule has 0 unspecified atom stereocenters. The highest BCUT2D eigenvalue weighted by atomic mass is 16.5. The summed E-state index contributed by atoms with van der Waals surface area (Å²) in [6.45, 7) is 6.43. The Morgan fingerprint density at radius 3 is 2.03 bits per heavy atom. The number of imidazole rings is 1. The standard InChI is InChI=1S/C24H24N6O3/c1-4-32-20-9-5-18(6-10-20)26-24(31)27-19-7-11-21(12-8-19)33-23-14-13-22(28-29-23)30-15-25-16(2)17(30)3/h5-15H,4H2,1-3H3,(H2,26,27,31). The maximum atomic E-state index is 12.2. The molecule has 0 aliphatic rings. The molecule has 0 saturated carbocycles. The van der Waals surface area contributed by atoms with Crippen molar-refractivity contribution in [2.75, 3.05) is 17.2 Å². The van der Waals surface area contributed by atoms with Gasteiger partial charge in [-0.25, -0.2) is 9.78 Å². The normalized spacial score (nSPS) is 10.5. The van der Waals surface area contributed by atoms with Gasteiger partial charge in [-0.15, -0.1) is 10.2 Å². The fourth-order valence-corrected chi connectivity index (χ4v) is 3.05. The quantitative estimate of drug-likeness (QED) is 0.410. The molecular weight excluding hydrogens is 420 g/mol. The Morgan fingerprint density at radius 2 is 1.52 bits per heavy atom. The van der Waals surface area contributed by atoms with Crippen LogP contribution in [-0.4, -0.2) is 32.4 Å². The molecule has 0 fully saturated rings. The fourth-order valence-electron chi connectivity index (χ4n) is 3.05. The number of anilines is 2. The van der Waals surface area contributed by atoms with Crippen molar-refractivity contribution in [1.82, 2.24) is 19.7 Å². The summed E-state index contributed by atoms with van der Waals surface area (Å²) < 4.78 is 13.0. The van der Waals surface area contributed by atoms with E-state index in [1.165, 1.54) is 0 Å². The Labute approximate surface area is 191 Å². The molecule has 2 aromatic carbocycles. The van der Waals surface area contributed by atoms with E-state index in [9.17, 15) is 4.79 Å². The van der Waals surface area contributed by atoms with E-state index in [-0.39, 0.29) is 6.03 Å². The van der Waals surface area contributed by atoms with E-state index < -0.39 is 0 Å². The van der Waals surface area contributed by atoms with Crippen LogP contribution in [0.2, 0.25) is 0 Å². The molecular formula is C24H24N6O3. The first-order valence-electron chi connectivity index (χ1n) is 10.5. The highest BCUT2D eigenvalue weighted by molar-refractivity contribution is 5.99. The van der Waals surface area contributed by atoms with Gasteiger partial charge in [0, 0.05) is 23.1 Å². The number of nitrogens with one attached hydrogen (secondary N) is 2. The Hall–Kier alpha value is -4.40. The van der Waals surface area contributed by atoms with Crippen LogP contribution in [0, 0.1) is 13.8 Å². The second-order valence-corrected chi connectivity index (χ2v) is 7.18. The third-order valence-corrected chi connectivity index (χ3v) is 4.88. The minimum Gasteiger partial charge on any atom is -0.494 e. The predicted octanol–water partition coefficient (Wildman–Crippen LogP) is 5.11. The highest BCUT2D eigenvalue weighted by Crippen LogP contribution is 2.22. The fraction of sp³-hybridized carbons (Fsp3) is 0.167. The van der Waals surface area contributed by atoms with Gasteiger partial charge in [0.2, 0.25) is 5.88 Å². The van der Waals surface area contributed by atoms with Gasteiger partial charge in [0.1, 0.15) is 17.8 Å². The van der Waals surface area contributed by atoms with E-state index in [1.54, 1.807) is 60.9 Å². The summed E-state index contributed by atoms with van der Waals surface area (Å²) >= 11 is 0. The molecule has 4 aromatic rings. The van der Waals surface area contributed by atoms with Crippen molar-refractivity contribution in [2.24, 2.45) is 0 Å². The number of urea groups is 1. The number of benzene rings is 2. The molecule has 0 spiro atoms. The van der Waals surface area contributed by atoms with Gasteiger partial charge in [-0.2, -0.15) is 0 Å². The zero-order chi connectivity index (χ0) is 23.2. The third kappa shape index (κ3) is 5.45. The summed E-state index contributed by atoms with van der Waals surface area (Å²) in [5, 5.41) is 13.9. The third-order valence-electron chi connectivity index (χ3n) is 4.88. The van der Waals surface area contributed by atoms with Crippen LogP contribution in [0.3, 0.4) is 0 Å². The Morgan fingerprint density at radius 1 is 0.879 bits per heavy atom. The molecule has 33 heavy (non-hydrogen) atoms. The first-order chi connectivity index (χ1) is 16.0. The zero-order valence-electron chi connectivity index (χ0n) is 18.6. The first kappa shape index (κ1) is 21.8. The molecule has 0 aliphatic carbocycles. The number of hydrogen-bond acceptors (Lipinski definition) is 6. The molecule has 0 atom stereocenters. The van der Waals surface area contributed by atoms with E-state index in [0.717, 1.165) is 17.1 Å². The SMILES string of the molecule is CCOc1ccc(NC(=O)Nc2ccc(Oc3ccc(-n4cnc(C)c4C)nn3)cc2)cc1. The predicted molar refractivity (Wildman–Crippen MR) is 125 cm³/mol. The van der Waals surface area contributed by atoms with Crippen molar-refractivity contribution in [3.05, 3.63) is 78.4 Å². The lowest BCUT2D eigenvalue weighted by molar-refractivity contribution is 0.262. The first-order valence-corrected chi connectivity index (χ1v) is 10.5. The number of ether oxygens (including phenoxy) is 2. The second kappa shape index (κ2) is 9.82. The molecule has 0 radical (unpaired) electrons. The van der Waals surface area contributed by atoms with Crippen LogP contribution in [0.25, 0.3) is 5.82 Å². The second-order valence-electron chi connectivity index (χ2n) is 7.18. The lowest BCUT2D eigenvalue weighted by Gasteiger charge is -2.10. The average molecular weight is 444 g/mol.